The molecule has 0 saturated heterocycles. The van der Waals surface area contributed by atoms with E-state index in [1.807, 2.05) is 0 Å². The highest BCUT2D eigenvalue weighted by molar-refractivity contribution is 6.36. The minimum atomic E-state index is -0.557. The Bertz CT molecular complexity index is 1600. The molecule has 6 rings (SSSR count). The first-order valence-electron chi connectivity index (χ1n) is 11.6. The Morgan fingerprint density at radius 3 is 1.18 bits per heavy atom. The normalized spacial score (nSPS) is 14.2. The van der Waals surface area contributed by atoms with E-state index in [1.54, 1.807) is 48.5 Å². The first-order chi connectivity index (χ1) is 18.2. The standard InChI is InChI=1S/C29H18N4O5/c30-17-3-7-19(8-4-17)32-26(35)21-11-1-15(13-23(21)28(32)37)25(34)16-2-12-22-24(14-16)29(38)33(27(22)36)20-9-5-18(31)6-10-20/h1-14H,30-31H2. The zero-order valence-electron chi connectivity index (χ0n) is 19.7. The molecule has 0 atom stereocenters. The number of hydrogen-bond donors (Lipinski definition) is 2. The molecule has 2 aliphatic heterocycles. The molecule has 0 saturated carbocycles. The van der Waals surface area contributed by atoms with Crippen LogP contribution in [-0.2, 0) is 0 Å². The number of nitrogens with zero attached hydrogens (tertiary/aromatic N) is 2. The minimum absolute atomic E-state index is 0.0969. The zero-order chi connectivity index (χ0) is 26.7. The number of anilines is 4. The van der Waals surface area contributed by atoms with Crippen molar-refractivity contribution in [1.82, 2.24) is 0 Å². The van der Waals surface area contributed by atoms with E-state index in [0.29, 0.717) is 22.7 Å². The lowest BCUT2D eigenvalue weighted by atomic mass is 9.96. The van der Waals surface area contributed by atoms with Crippen molar-refractivity contribution in [1.29, 1.82) is 0 Å². The molecule has 0 spiro atoms. The van der Waals surface area contributed by atoms with E-state index < -0.39 is 29.4 Å². The summed E-state index contributed by atoms with van der Waals surface area (Å²) >= 11 is 0. The quantitative estimate of drug-likeness (QED) is 0.246. The number of carbonyl (C=O) groups excluding carboxylic acids is 5. The van der Waals surface area contributed by atoms with E-state index in [1.165, 1.54) is 36.4 Å². The number of ketones is 1. The van der Waals surface area contributed by atoms with Crippen molar-refractivity contribution in [3.8, 4) is 0 Å². The van der Waals surface area contributed by atoms with E-state index in [0.717, 1.165) is 9.80 Å². The lowest BCUT2D eigenvalue weighted by Gasteiger charge is -2.13. The molecular formula is C29H18N4O5. The summed E-state index contributed by atoms with van der Waals surface area (Å²) in [7, 11) is 0. The van der Waals surface area contributed by atoms with E-state index >= 15 is 0 Å². The molecule has 184 valence electrons. The molecule has 2 aliphatic rings. The van der Waals surface area contributed by atoms with E-state index in [4.69, 9.17) is 11.5 Å². The van der Waals surface area contributed by atoms with Crippen LogP contribution in [0.4, 0.5) is 22.7 Å². The molecule has 4 amide bonds. The van der Waals surface area contributed by atoms with Crippen LogP contribution in [0.15, 0.2) is 84.9 Å². The third-order valence-electron chi connectivity index (χ3n) is 6.60. The Hall–Kier alpha value is -5.57. The topological polar surface area (TPSA) is 144 Å². The van der Waals surface area contributed by atoms with E-state index in [2.05, 4.69) is 0 Å². The number of imide groups is 2. The van der Waals surface area contributed by atoms with E-state index in [9.17, 15) is 24.0 Å². The maximum Gasteiger partial charge on any atom is 0.266 e. The number of nitrogens with two attached hydrogens (primary N) is 2. The van der Waals surface area contributed by atoms with Crippen LogP contribution in [0.2, 0.25) is 0 Å². The van der Waals surface area contributed by atoms with Crippen molar-refractivity contribution >= 4 is 52.2 Å². The highest BCUT2D eigenvalue weighted by Crippen LogP contribution is 2.32. The number of fused-ring (bicyclic) bond motifs is 2. The smallest absolute Gasteiger partial charge is 0.266 e. The van der Waals surface area contributed by atoms with Gasteiger partial charge in [0.25, 0.3) is 23.6 Å². The van der Waals surface area contributed by atoms with Gasteiger partial charge in [0.05, 0.1) is 33.6 Å². The second-order valence-corrected chi connectivity index (χ2v) is 8.92. The van der Waals surface area contributed by atoms with Gasteiger partial charge in [-0.25, -0.2) is 9.80 Å². The van der Waals surface area contributed by atoms with Gasteiger partial charge in [-0.1, -0.05) is 12.1 Å². The summed E-state index contributed by atoms with van der Waals surface area (Å²) in [4.78, 5) is 67.4. The van der Waals surface area contributed by atoms with Gasteiger partial charge >= 0.3 is 0 Å². The molecule has 0 aromatic heterocycles. The highest BCUT2D eigenvalue weighted by Gasteiger charge is 2.39. The molecule has 9 heteroatoms. The van der Waals surface area contributed by atoms with Crippen molar-refractivity contribution in [3.63, 3.8) is 0 Å². The van der Waals surface area contributed by atoms with Crippen LogP contribution >= 0.6 is 0 Å². The Morgan fingerprint density at radius 1 is 0.474 bits per heavy atom. The predicted molar refractivity (Wildman–Crippen MR) is 140 cm³/mol. The minimum Gasteiger partial charge on any atom is -0.399 e. The molecule has 4 aromatic rings. The van der Waals surface area contributed by atoms with Crippen molar-refractivity contribution < 1.29 is 24.0 Å². The molecule has 0 unspecified atom stereocenters. The molecule has 0 bridgehead atoms. The predicted octanol–water partition coefficient (Wildman–Crippen LogP) is 3.68. The maximum atomic E-state index is 13.4. The van der Waals surface area contributed by atoms with Crippen molar-refractivity contribution in [2.24, 2.45) is 0 Å². The monoisotopic (exact) mass is 502 g/mol. The third kappa shape index (κ3) is 3.37. The van der Waals surface area contributed by atoms with Gasteiger partial charge in [0.1, 0.15) is 0 Å². The van der Waals surface area contributed by atoms with Gasteiger partial charge in [-0.05, 0) is 72.8 Å². The number of carbonyl (C=O) groups is 5. The molecule has 4 N–H and O–H groups in total. The van der Waals surface area contributed by atoms with Crippen LogP contribution < -0.4 is 21.3 Å². The van der Waals surface area contributed by atoms with Crippen molar-refractivity contribution in [2.45, 2.75) is 0 Å². The lowest BCUT2D eigenvalue weighted by Crippen LogP contribution is -2.29. The van der Waals surface area contributed by atoms with Gasteiger partial charge in [0.15, 0.2) is 5.78 Å². The van der Waals surface area contributed by atoms with Crippen LogP contribution in [0.25, 0.3) is 0 Å². The van der Waals surface area contributed by atoms with Gasteiger partial charge in [-0.3, -0.25) is 24.0 Å². The van der Waals surface area contributed by atoms with Crippen LogP contribution in [0.3, 0.4) is 0 Å². The molecule has 9 nitrogen and oxygen atoms in total. The van der Waals surface area contributed by atoms with Gasteiger partial charge in [-0.2, -0.15) is 0 Å². The van der Waals surface area contributed by atoms with Crippen LogP contribution in [0.1, 0.15) is 57.4 Å². The van der Waals surface area contributed by atoms with Crippen molar-refractivity contribution in [3.05, 3.63) is 118 Å². The van der Waals surface area contributed by atoms with E-state index in [-0.39, 0.29) is 33.4 Å². The Balaban J connectivity index is 1.31. The lowest BCUT2D eigenvalue weighted by molar-refractivity contribution is 0.0910. The number of rotatable bonds is 4. The fraction of sp³-hybridized carbons (Fsp3) is 0. The van der Waals surface area contributed by atoms with Gasteiger partial charge < -0.3 is 11.5 Å². The Morgan fingerprint density at radius 2 is 0.816 bits per heavy atom. The van der Waals surface area contributed by atoms with Gasteiger partial charge in [0, 0.05) is 22.5 Å². The van der Waals surface area contributed by atoms with Crippen LogP contribution in [0.5, 0.6) is 0 Å². The van der Waals surface area contributed by atoms with Crippen LogP contribution in [0, 0.1) is 0 Å². The molecular weight excluding hydrogens is 484 g/mol. The number of benzene rings is 4. The molecule has 0 radical (unpaired) electrons. The van der Waals surface area contributed by atoms with Crippen LogP contribution in [-0.4, -0.2) is 29.4 Å². The maximum absolute atomic E-state index is 13.4. The Labute approximate surface area is 215 Å². The summed E-state index contributed by atoms with van der Waals surface area (Å²) in [6.45, 7) is 0. The summed E-state index contributed by atoms with van der Waals surface area (Å²) in [5.41, 5.74) is 14.0. The van der Waals surface area contributed by atoms with Crippen molar-refractivity contribution in [2.75, 3.05) is 21.3 Å². The Kier molecular flexibility index (Phi) is 4.96. The molecule has 2 heterocycles. The fourth-order valence-corrected chi connectivity index (χ4v) is 4.65. The number of nitrogen functional groups attached to an aromatic ring is 2. The largest absolute Gasteiger partial charge is 0.399 e. The molecule has 4 aromatic carbocycles. The average Bonchev–Trinajstić information content (AvgIpc) is 3.33. The second-order valence-electron chi connectivity index (χ2n) is 8.92. The van der Waals surface area contributed by atoms with Gasteiger partial charge in [0.2, 0.25) is 0 Å². The average molecular weight is 502 g/mol. The molecule has 38 heavy (non-hydrogen) atoms. The zero-order valence-corrected chi connectivity index (χ0v) is 19.7. The first-order valence-corrected chi connectivity index (χ1v) is 11.6. The first kappa shape index (κ1) is 22.9. The summed E-state index contributed by atoms with van der Waals surface area (Å²) in [6, 6.07) is 21.1. The highest BCUT2D eigenvalue weighted by atomic mass is 16.2. The van der Waals surface area contributed by atoms with Gasteiger partial charge in [-0.15, -0.1) is 0 Å². The summed E-state index contributed by atoms with van der Waals surface area (Å²) < 4.78 is 0. The summed E-state index contributed by atoms with van der Waals surface area (Å²) in [5.74, 6) is -2.58. The SMILES string of the molecule is Nc1ccc(N2C(=O)c3ccc(C(=O)c4ccc5c(c4)C(=O)N(c4ccc(N)cc4)C5=O)cc3C2=O)cc1. The molecule has 0 aliphatic carbocycles. The summed E-state index contributed by atoms with van der Waals surface area (Å²) in [6.07, 6.45) is 0. The second kappa shape index (κ2) is 8.24. The molecule has 0 fully saturated rings. The third-order valence-corrected chi connectivity index (χ3v) is 6.60. The fourth-order valence-electron chi connectivity index (χ4n) is 4.65. The summed E-state index contributed by atoms with van der Waals surface area (Å²) in [5, 5.41) is 0. The number of amides is 4. The number of hydrogen-bond acceptors (Lipinski definition) is 7.